The van der Waals surface area contributed by atoms with Crippen molar-refractivity contribution in [2.45, 2.75) is 45.3 Å². The maximum Gasteiger partial charge on any atom is 0.354 e. The molecule has 2 rings (SSSR count). The number of esters is 3. The van der Waals surface area contributed by atoms with Gasteiger partial charge in [-0.2, -0.15) is 4.98 Å². The molecule has 12 heteroatoms. The van der Waals surface area contributed by atoms with Crippen LogP contribution in [0.5, 0.6) is 0 Å². The molecule has 0 aliphatic carbocycles. The number of nitrogens with two attached hydrogens (primary N) is 1. The van der Waals surface area contributed by atoms with E-state index in [2.05, 4.69) is 9.97 Å². The van der Waals surface area contributed by atoms with Gasteiger partial charge in [-0.05, 0) is 0 Å². The van der Waals surface area contributed by atoms with Crippen molar-refractivity contribution in [3.8, 4) is 0 Å². The molecule has 12 nitrogen and oxygen atoms in total. The van der Waals surface area contributed by atoms with Crippen LogP contribution < -0.4 is 11.4 Å². The van der Waals surface area contributed by atoms with Gasteiger partial charge in [0.15, 0.2) is 18.4 Å². The Labute approximate surface area is 147 Å². The molecule has 0 spiro atoms. The first-order valence-electron chi connectivity index (χ1n) is 7.53. The van der Waals surface area contributed by atoms with Crippen LogP contribution in [0, 0.1) is 0 Å². The quantitative estimate of drug-likeness (QED) is 0.476. The molecule has 1 aromatic rings. The molecule has 0 amide bonds. The summed E-state index contributed by atoms with van der Waals surface area (Å²) in [7, 11) is 0. The molecule has 2 heterocycles. The van der Waals surface area contributed by atoms with Gasteiger partial charge in [0.05, 0.1) is 0 Å². The molecule has 1 fully saturated rings. The van der Waals surface area contributed by atoms with E-state index in [-0.39, 0.29) is 12.6 Å². The number of carbonyl (C=O) groups is 3. The number of hydrogen-bond acceptors (Lipinski definition) is 11. The van der Waals surface area contributed by atoms with E-state index >= 15 is 0 Å². The molecule has 0 saturated carbocycles. The zero-order valence-corrected chi connectivity index (χ0v) is 14.3. The Morgan fingerprint density at radius 3 is 2.31 bits per heavy atom. The lowest BCUT2D eigenvalue weighted by molar-refractivity contribution is -0.166. The second kappa shape index (κ2) is 7.91. The molecule has 1 aliphatic rings. The molecular weight excluding hydrogens is 352 g/mol. The molecule has 4 atom stereocenters. The first-order chi connectivity index (χ1) is 12.2. The van der Waals surface area contributed by atoms with E-state index in [1.807, 2.05) is 0 Å². The fourth-order valence-electron chi connectivity index (χ4n) is 2.45. The van der Waals surface area contributed by atoms with Gasteiger partial charge in [0.25, 0.3) is 0 Å². The smallest absolute Gasteiger partial charge is 0.354 e. The van der Waals surface area contributed by atoms with Crippen LogP contribution in [0.15, 0.2) is 11.1 Å². The number of nitrogen functional groups attached to an aromatic ring is 1. The number of anilines is 1. The zero-order chi connectivity index (χ0) is 19.4. The molecule has 142 valence electrons. The van der Waals surface area contributed by atoms with Crippen LogP contribution in [-0.4, -0.2) is 57.4 Å². The van der Waals surface area contributed by atoms with E-state index in [1.54, 1.807) is 0 Å². The predicted molar refractivity (Wildman–Crippen MR) is 82.4 cm³/mol. The van der Waals surface area contributed by atoms with E-state index < -0.39 is 48.1 Å². The van der Waals surface area contributed by atoms with Crippen LogP contribution in [0.3, 0.4) is 0 Å². The Bertz CT molecular complexity index is 764. The largest absolute Gasteiger partial charge is 0.463 e. The van der Waals surface area contributed by atoms with Crippen molar-refractivity contribution in [3.63, 3.8) is 0 Å². The second-order valence-electron chi connectivity index (χ2n) is 5.42. The number of rotatable bonds is 5. The van der Waals surface area contributed by atoms with Crippen LogP contribution in [0.2, 0.25) is 0 Å². The Balaban J connectivity index is 2.40. The lowest BCUT2D eigenvalue weighted by atomic mass is 10.1. The molecule has 0 radical (unpaired) electrons. The summed E-state index contributed by atoms with van der Waals surface area (Å²) in [5.74, 6) is -2.21. The van der Waals surface area contributed by atoms with Gasteiger partial charge in [0.1, 0.15) is 19.0 Å². The highest BCUT2D eigenvalue weighted by Gasteiger charge is 2.51. The molecule has 1 aliphatic heterocycles. The van der Waals surface area contributed by atoms with E-state index in [0.29, 0.717) is 0 Å². The molecule has 26 heavy (non-hydrogen) atoms. The fourth-order valence-corrected chi connectivity index (χ4v) is 2.45. The van der Waals surface area contributed by atoms with Gasteiger partial charge in [0, 0.05) is 20.8 Å². The number of hydrogen-bond donors (Lipinski definition) is 1. The third-order valence-electron chi connectivity index (χ3n) is 3.36. The number of carbonyl (C=O) groups excluding carboxylic acids is 3. The topological polar surface area (TPSA) is 162 Å². The third kappa shape index (κ3) is 4.53. The minimum Gasteiger partial charge on any atom is -0.463 e. The molecule has 1 aromatic heterocycles. The van der Waals surface area contributed by atoms with E-state index in [0.717, 1.165) is 24.7 Å². The Hall–Kier alpha value is -3.02. The van der Waals surface area contributed by atoms with Crippen molar-refractivity contribution in [2.24, 2.45) is 0 Å². The van der Waals surface area contributed by atoms with Gasteiger partial charge in [-0.3, -0.25) is 19.0 Å². The summed E-state index contributed by atoms with van der Waals surface area (Å²) in [5.41, 5.74) is 4.54. The van der Waals surface area contributed by atoms with Crippen molar-refractivity contribution in [1.82, 2.24) is 14.5 Å². The SMILES string of the molecule is CC(=O)OC[C@H]1OC(n2cnc(N)nc2=O)[C@H](OC(C)=O)[C@@H]1OC(C)=O. The number of aromatic nitrogens is 3. The summed E-state index contributed by atoms with van der Waals surface area (Å²) in [6.45, 7) is 3.20. The van der Waals surface area contributed by atoms with Gasteiger partial charge in [-0.15, -0.1) is 0 Å². The molecule has 1 saturated heterocycles. The Kier molecular flexibility index (Phi) is 5.87. The van der Waals surface area contributed by atoms with Crippen LogP contribution >= 0.6 is 0 Å². The van der Waals surface area contributed by atoms with E-state index in [9.17, 15) is 19.2 Å². The van der Waals surface area contributed by atoms with E-state index in [4.69, 9.17) is 24.7 Å². The molecule has 2 N–H and O–H groups in total. The van der Waals surface area contributed by atoms with Crippen LogP contribution in [-0.2, 0) is 33.3 Å². The molecule has 0 bridgehead atoms. The minimum atomic E-state index is -1.21. The van der Waals surface area contributed by atoms with Crippen molar-refractivity contribution in [2.75, 3.05) is 12.3 Å². The minimum absolute atomic E-state index is 0.249. The summed E-state index contributed by atoms with van der Waals surface area (Å²) in [5, 5.41) is 0. The summed E-state index contributed by atoms with van der Waals surface area (Å²) in [6, 6.07) is 0. The second-order valence-corrected chi connectivity index (χ2v) is 5.42. The van der Waals surface area contributed by atoms with Gasteiger partial charge in [-0.1, -0.05) is 0 Å². The summed E-state index contributed by atoms with van der Waals surface area (Å²) >= 11 is 0. The highest BCUT2D eigenvalue weighted by molar-refractivity contribution is 5.67. The third-order valence-corrected chi connectivity index (χ3v) is 3.36. The highest BCUT2D eigenvalue weighted by atomic mass is 16.7. The highest BCUT2D eigenvalue weighted by Crippen LogP contribution is 2.33. The average molecular weight is 370 g/mol. The van der Waals surface area contributed by atoms with Crippen LogP contribution in [0.25, 0.3) is 0 Å². The zero-order valence-electron chi connectivity index (χ0n) is 14.3. The predicted octanol–water partition coefficient (Wildman–Crippen LogP) is -1.46. The van der Waals surface area contributed by atoms with Gasteiger partial charge < -0.3 is 24.7 Å². The van der Waals surface area contributed by atoms with Crippen molar-refractivity contribution in [1.29, 1.82) is 0 Å². The first-order valence-corrected chi connectivity index (χ1v) is 7.53. The summed E-state index contributed by atoms with van der Waals surface area (Å²) < 4.78 is 21.8. The fraction of sp³-hybridized carbons (Fsp3) is 0.571. The van der Waals surface area contributed by atoms with Crippen molar-refractivity contribution in [3.05, 3.63) is 16.8 Å². The monoisotopic (exact) mass is 370 g/mol. The van der Waals surface area contributed by atoms with E-state index in [1.165, 1.54) is 6.92 Å². The van der Waals surface area contributed by atoms with Crippen molar-refractivity contribution >= 4 is 23.9 Å². The first kappa shape index (κ1) is 19.3. The Morgan fingerprint density at radius 1 is 1.15 bits per heavy atom. The molecule has 0 aromatic carbocycles. The maximum absolute atomic E-state index is 12.1. The number of ether oxygens (including phenoxy) is 4. The summed E-state index contributed by atoms with van der Waals surface area (Å²) in [4.78, 5) is 53.2. The van der Waals surface area contributed by atoms with Crippen LogP contribution in [0.4, 0.5) is 5.95 Å². The molecular formula is C14H18N4O8. The van der Waals surface area contributed by atoms with Crippen LogP contribution in [0.1, 0.15) is 27.0 Å². The Morgan fingerprint density at radius 2 is 1.77 bits per heavy atom. The average Bonchev–Trinajstić information content (AvgIpc) is 2.82. The summed E-state index contributed by atoms with van der Waals surface area (Å²) in [6.07, 6.45) is -3.45. The van der Waals surface area contributed by atoms with Crippen molar-refractivity contribution < 1.29 is 33.3 Å². The lowest BCUT2D eigenvalue weighted by Crippen LogP contribution is -2.42. The van der Waals surface area contributed by atoms with Gasteiger partial charge in [-0.25, -0.2) is 9.78 Å². The van der Waals surface area contributed by atoms with Gasteiger partial charge in [0.2, 0.25) is 5.95 Å². The van der Waals surface area contributed by atoms with Gasteiger partial charge >= 0.3 is 23.6 Å². The standard InChI is InChI=1S/C14H18N4O8/c1-6(19)23-4-9-10(24-7(2)20)11(25-8(3)21)12(26-9)18-5-16-13(15)17-14(18)22/h5,9-12H,4H2,1-3H3,(H2,15,17,22)/t9-,10-,11-,12?/m1/s1. The normalized spacial score (nSPS) is 24.7. The number of nitrogens with zero attached hydrogens (tertiary/aromatic N) is 3. The molecule has 1 unspecified atom stereocenters. The lowest BCUT2D eigenvalue weighted by Gasteiger charge is -2.23. The maximum atomic E-state index is 12.1.